The van der Waals surface area contributed by atoms with Crippen molar-refractivity contribution in [3.05, 3.63) is 54.1 Å². The van der Waals surface area contributed by atoms with Crippen molar-refractivity contribution < 1.29 is 14.3 Å². The summed E-state index contributed by atoms with van der Waals surface area (Å²) < 4.78 is 5.52. The maximum absolute atomic E-state index is 11.9. The van der Waals surface area contributed by atoms with Crippen LogP contribution in [0.25, 0.3) is 0 Å². The lowest BCUT2D eigenvalue weighted by Gasteiger charge is -2.09. The molecule has 0 saturated heterocycles. The molecule has 2 N–H and O–H groups in total. The van der Waals surface area contributed by atoms with Crippen LogP contribution >= 0.6 is 11.8 Å². The fraction of sp³-hybridized carbons (Fsp3) is 0.333. The van der Waals surface area contributed by atoms with E-state index >= 15 is 0 Å². The number of benzene rings is 2. The van der Waals surface area contributed by atoms with Crippen molar-refractivity contribution >= 4 is 29.3 Å². The van der Waals surface area contributed by atoms with Gasteiger partial charge in [0.2, 0.25) is 5.91 Å². The molecule has 6 heteroatoms. The molecule has 1 aliphatic rings. The van der Waals surface area contributed by atoms with Crippen LogP contribution < -0.4 is 15.4 Å². The minimum absolute atomic E-state index is 0.0464. The van der Waals surface area contributed by atoms with Gasteiger partial charge >= 0.3 is 0 Å². The van der Waals surface area contributed by atoms with E-state index in [1.807, 2.05) is 6.07 Å². The third-order valence-corrected chi connectivity index (χ3v) is 5.15. The zero-order valence-corrected chi connectivity index (χ0v) is 16.2. The van der Waals surface area contributed by atoms with Crippen molar-refractivity contribution in [2.24, 2.45) is 5.92 Å². The summed E-state index contributed by atoms with van der Waals surface area (Å²) in [6.45, 7) is 2.60. The van der Waals surface area contributed by atoms with E-state index in [0.717, 1.165) is 18.6 Å². The molecular weight excluding hydrogens is 360 g/mol. The predicted octanol–water partition coefficient (Wildman–Crippen LogP) is 3.63. The molecule has 3 rings (SSSR count). The quantitative estimate of drug-likeness (QED) is 0.512. The Morgan fingerprint density at radius 2 is 1.93 bits per heavy atom. The van der Waals surface area contributed by atoms with Crippen molar-refractivity contribution in [2.45, 2.75) is 24.7 Å². The number of hydrogen-bond donors (Lipinski definition) is 2. The van der Waals surface area contributed by atoms with Crippen molar-refractivity contribution in [1.82, 2.24) is 5.32 Å². The number of thioether (sulfide) groups is 1. The van der Waals surface area contributed by atoms with Gasteiger partial charge in [-0.05, 0) is 44.0 Å². The molecule has 2 aromatic rings. The lowest BCUT2D eigenvalue weighted by Crippen LogP contribution is -2.30. The van der Waals surface area contributed by atoms with E-state index in [0.29, 0.717) is 18.0 Å². The van der Waals surface area contributed by atoms with E-state index in [1.54, 1.807) is 30.0 Å². The van der Waals surface area contributed by atoms with Gasteiger partial charge in [0.05, 0.1) is 0 Å². The van der Waals surface area contributed by atoms with Crippen LogP contribution in [0.3, 0.4) is 0 Å². The average Bonchev–Trinajstić information content (AvgIpc) is 3.51. The molecule has 0 heterocycles. The lowest BCUT2D eigenvalue weighted by molar-refractivity contribution is -0.123. The van der Waals surface area contributed by atoms with Crippen LogP contribution in [0.4, 0.5) is 5.69 Å². The van der Waals surface area contributed by atoms with E-state index < -0.39 is 0 Å². The predicted molar refractivity (Wildman–Crippen MR) is 108 cm³/mol. The zero-order chi connectivity index (χ0) is 19.1. The van der Waals surface area contributed by atoms with Crippen LogP contribution in [0.15, 0.2) is 53.4 Å². The fourth-order valence-corrected chi connectivity index (χ4v) is 3.22. The minimum Gasteiger partial charge on any atom is -0.484 e. The molecule has 142 valence electrons. The Morgan fingerprint density at radius 1 is 1.15 bits per heavy atom. The largest absolute Gasteiger partial charge is 0.484 e. The van der Waals surface area contributed by atoms with Crippen LogP contribution in [-0.4, -0.2) is 30.7 Å². The van der Waals surface area contributed by atoms with Crippen LogP contribution in [-0.2, 0) is 9.59 Å². The SMILES string of the molecule is Cc1ccc(SCCNC(=O)COc2cccc(NC(=O)C3CC3)c2)cc1. The highest BCUT2D eigenvalue weighted by atomic mass is 32.2. The van der Waals surface area contributed by atoms with Crippen LogP contribution in [0, 0.1) is 12.8 Å². The maximum Gasteiger partial charge on any atom is 0.257 e. The molecule has 0 atom stereocenters. The topological polar surface area (TPSA) is 67.4 Å². The highest BCUT2D eigenvalue weighted by Gasteiger charge is 2.29. The van der Waals surface area contributed by atoms with Gasteiger partial charge in [-0.1, -0.05) is 23.8 Å². The second kappa shape index (κ2) is 9.46. The number of rotatable bonds is 9. The number of carbonyl (C=O) groups is 2. The Hall–Kier alpha value is -2.47. The molecule has 0 bridgehead atoms. The highest BCUT2D eigenvalue weighted by Crippen LogP contribution is 2.30. The van der Waals surface area contributed by atoms with Gasteiger partial charge in [0.15, 0.2) is 6.61 Å². The molecule has 0 aromatic heterocycles. The molecule has 0 spiro atoms. The Labute approximate surface area is 163 Å². The standard InChI is InChI=1S/C21H24N2O3S/c1-15-5-9-19(10-6-15)27-12-11-22-20(24)14-26-18-4-2-3-17(13-18)23-21(25)16-7-8-16/h2-6,9-10,13,16H,7-8,11-12,14H2,1H3,(H,22,24)(H,23,25). The molecule has 2 aromatic carbocycles. The van der Waals surface area contributed by atoms with Gasteiger partial charge in [-0.3, -0.25) is 9.59 Å². The first-order chi connectivity index (χ1) is 13.1. The fourth-order valence-electron chi connectivity index (χ4n) is 2.45. The van der Waals surface area contributed by atoms with E-state index in [4.69, 9.17) is 4.74 Å². The van der Waals surface area contributed by atoms with Crippen molar-refractivity contribution in [1.29, 1.82) is 0 Å². The molecule has 2 amide bonds. The number of carbonyl (C=O) groups excluding carboxylic acids is 2. The summed E-state index contributed by atoms with van der Waals surface area (Å²) >= 11 is 1.70. The number of nitrogens with one attached hydrogen (secondary N) is 2. The van der Waals surface area contributed by atoms with Gasteiger partial charge in [0, 0.05) is 34.9 Å². The zero-order valence-electron chi connectivity index (χ0n) is 15.4. The summed E-state index contributed by atoms with van der Waals surface area (Å²) in [5, 5.41) is 5.72. The van der Waals surface area contributed by atoms with E-state index in [-0.39, 0.29) is 24.3 Å². The third kappa shape index (κ3) is 6.64. The van der Waals surface area contributed by atoms with Crippen LogP contribution in [0.1, 0.15) is 18.4 Å². The van der Waals surface area contributed by atoms with Gasteiger partial charge < -0.3 is 15.4 Å². The Kier molecular flexibility index (Phi) is 6.76. The summed E-state index contributed by atoms with van der Waals surface area (Å²) in [5.41, 5.74) is 1.93. The number of amides is 2. The first kappa shape index (κ1) is 19.3. The molecule has 1 saturated carbocycles. The maximum atomic E-state index is 11.9. The van der Waals surface area contributed by atoms with Crippen LogP contribution in [0.2, 0.25) is 0 Å². The first-order valence-corrected chi connectivity index (χ1v) is 10.1. The molecule has 0 unspecified atom stereocenters. The van der Waals surface area contributed by atoms with Gasteiger partial charge in [-0.15, -0.1) is 11.8 Å². The lowest BCUT2D eigenvalue weighted by atomic mass is 10.2. The molecule has 1 aliphatic carbocycles. The van der Waals surface area contributed by atoms with E-state index in [2.05, 4.69) is 41.8 Å². The normalized spacial score (nSPS) is 13.1. The molecule has 0 radical (unpaired) electrons. The highest BCUT2D eigenvalue weighted by molar-refractivity contribution is 7.99. The molecule has 27 heavy (non-hydrogen) atoms. The Morgan fingerprint density at radius 3 is 2.67 bits per heavy atom. The summed E-state index contributed by atoms with van der Waals surface area (Å²) in [6.07, 6.45) is 1.93. The number of anilines is 1. The summed E-state index contributed by atoms with van der Waals surface area (Å²) in [5.74, 6) is 1.41. The Bertz CT molecular complexity index is 788. The molecule has 1 fully saturated rings. The van der Waals surface area contributed by atoms with Gasteiger partial charge in [0.25, 0.3) is 5.91 Å². The number of hydrogen-bond acceptors (Lipinski definition) is 4. The van der Waals surface area contributed by atoms with E-state index in [1.165, 1.54) is 10.5 Å². The second-order valence-corrected chi connectivity index (χ2v) is 7.76. The van der Waals surface area contributed by atoms with Crippen molar-refractivity contribution in [3.63, 3.8) is 0 Å². The second-order valence-electron chi connectivity index (χ2n) is 6.59. The minimum atomic E-state index is -0.160. The Balaban J connectivity index is 1.34. The number of ether oxygens (including phenoxy) is 1. The summed E-state index contributed by atoms with van der Waals surface area (Å²) in [6, 6.07) is 15.4. The average molecular weight is 385 g/mol. The summed E-state index contributed by atoms with van der Waals surface area (Å²) in [7, 11) is 0. The summed E-state index contributed by atoms with van der Waals surface area (Å²) in [4.78, 5) is 24.9. The van der Waals surface area contributed by atoms with Gasteiger partial charge in [0.1, 0.15) is 5.75 Å². The van der Waals surface area contributed by atoms with Gasteiger partial charge in [-0.25, -0.2) is 0 Å². The first-order valence-electron chi connectivity index (χ1n) is 9.10. The number of aryl methyl sites for hydroxylation is 1. The van der Waals surface area contributed by atoms with Gasteiger partial charge in [-0.2, -0.15) is 0 Å². The van der Waals surface area contributed by atoms with Crippen molar-refractivity contribution in [2.75, 3.05) is 24.2 Å². The van der Waals surface area contributed by atoms with E-state index in [9.17, 15) is 9.59 Å². The molecule has 5 nitrogen and oxygen atoms in total. The van der Waals surface area contributed by atoms with Crippen molar-refractivity contribution in [3.8, 4) is 5.75 Å². The monoisotopic (exact) mass is 384 g/mol. The smallest absolute Gasteiger partial charge is 0.257 e. The van der Waals surface area contributed by atoms with Crippen LogP contribution in [0.5, 0.6) is 5.75 Å². The molecule has 0 aliphatic heterocycles. The molecular formula is C21H24N2O3S. The third-order valence-electron chi connectivity index (χ3n) is 4.13.